The van der Waals surface area contributed by atoms with Crippen LogP contribution in [0.1, 0.15) is 42.4 Å². The van der Waals surface area contributed by atoms with E-state index in [4.69, 9.17) is 11.1 Å². The molecule has 1 aliphatic heterocycles. The number of amidine groups is 1. The molecule has 3 rings (SSSR count). The van der Waals surface area contributed by atoms with E-state index in [0.29, 0.717) is 18.5 Å². The number of carbonyl (C=O) groups is 3. The van der Waals surface area contributed by atoms with E-state index in [9.17, 15) is 19.5 Å². The van der Waals surface area contributed by atoms with Gasteiger partial charge in [-0.2, -0.15) is 0 Å². The number of amides is 2. The van der Waals surface area contributed by atoms with E-state index < -0.39 is 18.1 Å². The second kappa shape index (κ2) is 11.4. The van der Waals surface area contributed by atoms with Gasteiger partial charge < -0.3 is 21.5 Å². The van der Waals surface area contributed by atoms with Gasteiger partial charge in [-0.1, -0.05) is 54.6 Å². The maximum Gasteiger partial charge on any atom is 0.317 e. The number of nitrogens with two attached hydrogens (primary N) is 1. The number of nitrogens with zero attached hydrogens (tertiary/aromatic N) is 1. The lowest BCUT2D eigenvalue weighted by atomic mass is 9.85. The summed E-state index contributed by atoms with van der Waals surface area (Å²) in [6.07, 6.45) is 1.25. The van der Waals surface area contributed by atoms with Gasteiger partial charge in [0.05, 0.1) is 12.6 Å². The van der Waals surface area contributed by atoms with E-state index in [1.165, 1.54) is 0 Å². The van der Waals surface area contributed by atoms with Gasteiger partial charge in [-0.3, -0.25) is 24.7 Å². The molecule has 34 heavy (non-hydrogen) atoms. The van der Waals surface area contributed by atoms with Gasteiger partial charge in [-0.15, -0.1) is 0 Å². The van der Waals surface area contributed by atoms with Gasteiger partial charge in [0.25, 0.3) is 0 Å². The largest absolute Gasteiger partial charge is 0.480 e. The number of carboxylic acid groups (broad SMARTS) is 1. The number of benzene rings is 2. The first kappa shape index (κ1) is 24.9. The van der Waals surface area contributed by atoms with Crippen LogP contribution in [0.25, 0.3) is 0 Å². The fourth-order valence-corrected chi connectivity index (χ4v) is 4.20. The average Bonchev–Trinajstić information content (AvgIpc) is 2.83. The maximum absolute atomic E-state index is 13.1. The molecule has 9 nitrogen and oxygen atoms in total. The van der Waals surface area contributed by atoms with Crippen LogP contribution >= 0.6 is 0 Å². The Morgan fingerprint density at radius 2 is 1.82 bits per heavy atom. The molecular formula is C25H31N5O4. The highest BCUT2D eigenvalue weighted by Crippen LogP contribution is 2.31. The fourth-order valence-electron chi connectivity index (χ4n) is 4.20. The second-order valence-electron chi connectivity index (χ2n) is 8.57. The molecule has 1 heterocycles. The van der Waals surface area contributed by atoms with Gasteiger partial charge >= 0.3 is 5.97 Å². The highest BCUT2D eigenvalue weighted by Gasteiger charge is 2.35. The smallest absolute Gasteiger partial charge is 0.317 e. The molecule has 0 unspecified atom stereocenters. The van der Waals surface area contributed by atoms with Crippen LogP contribution in [0.4, 0.5) is 0 Å². The third-order valence-corrected chi connectivity index (χ3v) is 6.11. The predicted octanol–water partition coefficient (Wildman–Crippen LogP) is 1.42. The van der Waals surface area contributed by atoms with E-state index >= 15 is 0 Å². The normalized spacial score (nSPS) is 19.1. The SMILES string of the molecule is C[C@H](NC(=O)[C@H]1C[C@@H](c2ccccc2)CCN1CC(=O)O)C(=O)NCc1ccc(C(=N)N)cc1. The molecule has 2 aromatic carbocycles. The Morgan fingerprint density at radius 3 is 2.44 bits per heavy atom. The van der Waals surface area contributed by atoms with Crippen molar-refractivity contribution < 1.29 is 19.5 Å². The van der Waals surface area contributed by atoms with E-state index in [2.05, 4.69) is 10.6 Å². The van der Waals surface area contributed by atoms with Crippen LogP contribution in [-0.2, 0) is 20.9 Å². The summed E-state index contributed by atoms with van der Waals surface area (Å²) in [5, 5.41) is 22.3. The zero-order chi connectivity index (χ0) is 24.7. The summed E-state index contributed by atoms with van der Waals surface area (Å²) in [7, 11) is 0. The van der Waals surface area contributed by atoms with Gasteiger partial charge in [0.15, 0.2) is 0 Å². The molecule has 0 radical (unpaired) electrons. The Kier molecular flexibility index (Phi) is 8.37. The Hall–Kier alpha value is -3.72. The minimum absolute atomic E-state index is 0.0268. The van der Waals surface area contributed by atoms with Gasteiger partial charge in [-0.25, -0.2) is 0 Å². The number of carboxylic acids is 1. The standard InChI is InChI=1S/C25H31N5O4/c1-16(24(33)28-14-17-7-9-19(10-8-17)23(26)27)29-25(34)21-13-20(18-5-3-2-4-6-18)11-12-30(21)15-22(31)32/h2-10,16,20-21H,11-15H2,1H3,(H3,26,27)(H,28,33)(H,29,34)(H,31,32)/t16-,20-,21+/m0/s1. The summed E-state index contributed by atoms with van der Waals surface area (Å²) < 4.78 is 0. The van der Waals surface area contributed by atoms with Crippen LogP contribution in [0, 0.1) is 5.41 Å². The van der Waals surface area contributed by atoms with Crippen molar-refractivity contribution in [2.75, 3.05) is 13.1 Å². The number of nitrogens with one attached hydrogen (secondary N) is 3. The number of likely N-dealkylation sites (tertiary alicyclic amines) is 1. The molecule has 0 aliphatic carbocycles. The molecule has 1 fully saturated rings. The molecular weight excluding hydrogens is 434 g/mol. The molecule has 0 bridgehead atoms. The van der Waals surface area contributed by atoms with Crippen molar-refractivity contribution >= 4 is 23.6 Å². The van der Waals surface area contributed by atoms with E-state index in [1.54, 1.807) is 36.1 Å². The average molecular weight is 466 g/mol. The number of carbonyl (C=O) groups excluding carboxylic acids is 2. The van der Waals surface area contributed by atoms with Crippen molar-refractivity contribution in [1.82, 2.24) is 15.5 Å². The van der Waals surface area contributed by atoms with Crippen molar-refractivity contribution in [2.24, 2.45) is 5.73 Å². The summed E-state index contributed by atoms with van der Waals surface area (Å²) in [6, 6.07) is 15.4. The topological polar surface area (TPSA) is 149 Å². The first-order valence-corrected chi connectivity index (χ1v) is 11.3. The molecule has 2 aromatic rings. The number of nitrogen functional groups attached to an aromatic ring is 1. The first-order valence-electron chi connectivity index (χ1n) is 11.3. The molecule has 9 heteroatoms. The van der Waals surface area contributed by atoms with E-state index in [0.717, 1.165) is 17.5 Å². The number of hydrogen-bond acceptors (Lipinski definition) is 5. The van der Waals surface area contributed by atoms with Crippen LogP contribution in [0.5, 0.6) is 0 Å². The number of aliphatic carboxylic acids is 1. The minimum atomic E-state index is -0.988. The molecule has 180 valence electrons. The molecule has 1 aliphatic rings. The maximum atomic E-state index is 13.1. The fraction of sp³-hybridized carbons (Fsp3) is 0.360. The molecule has 0 saturated carbocycles. The zero-order valence-corrected chi connectivity index (χ0v) is 19.2. The summed E-state index contributed by atoms with van der Waals surface area (Å²) in [6.45, 7) is 2.13. The lowest BCUT2D eigenvalue weighted by Crippen LogP contribution is -2.55. The summed E-state index contributed by atoms with van der Waals surface area (Å²) in [5.74, 6) is -1.57. The zero-order valence-electron chi connectivity index (χ0n) is 19.2. The minimum Gasteiger partial charge on any atom is -0.480 e. The Morgan fingerprint density at radius 1 is 1.15 bits per heavy atom. The molecule has 0 spiro atoms. The molecule has 3 atom stereocenters. The molecule has 1 saturated heterocycles. The monoisotopic (exact) mass is 465 g/mol. The van der Waals surface area contributed by atoms with Crippen molar-refractivity contribution in [3.8, 4) is 0 Å². The van der Waals surface area contributed by atoms with Crippen LogP contribution in [0.2, 0.25) is 0 Å². The Balaban J connectivity index is 1.60. The van der Waals surface area contributed by atoms with Crippen molar-refractivity contribution in [2.45, 2.75) is 44.3 Å². The predicted molar refractivity (Wildman–Crippen MR) is 128 cm³/mol. The lowest BCUT2D eigenvalue weighted by molar-refractivity contribution is -0.141. The van der Waals surface area contributed by atoms with E-state index in [-0.39, 0.29) is 36.7 Å². The molecule has 0 aromatic heterocycles. The number of hydrogen-bond donors (Lipinski definition) is 5. The summed E-state index contributed by atoms with van der Waals surface area (Å²) >= 11 is 0. The summed E-state index contributed by atoms with van der Waals surface area (Å²) in [5.41, 5.74) is 8.01. The Labute approximate surface area is 198 Å². The Bertz CT molecular complexity index is 1030. The van der Waals surface area contributed by atoms with Gasteiger partial charge in [-0.05, 0) is 36.8 Å². The highest BCUT2D eigenvalue weighted by molar-refractivity contribution is 5.95. The quantitative estimate of drug-likeness (QED) is 0.279. The van der Waals surface area contributed by atoms with Crippen LogP contribution in [-0.4, -0.2) is 58.8 Å². The van der Waals surface area contributed by atoms with Gasteiger partial charge in [0, 0.05) is 18.7 Å². The lowest BCUT2D eigenvalue weighted by Gasteiger charge is -2.38. The molecule has 2 amide bonds. The van der Waals surface area contributed by atoms with Gasteiger partial charge in [0.1, 0.15) is 11.9 Å². The highest BCUT2D eigenvalue weighted by atomic mass is 16.4. The summed E-state index contributed by atoms with van der Waals surface area (Å²) in [4.78, 5) is 38.7. The number of piperidine rings is 1. The molecule has 6 N–H and O–H groups in total. The van der Waals surface area contributed by atoms with Crippen molar-refractivity contribution in [3.63, 3.8) is 0 Å². The van der Waals surface area contributed by atoms with Crippen LogP contribution < -0.4 is 16.4 Å². The second-order valence-corrected chi connectivity index (χ2v) is 8.57. The number of rotatable bonds is 9. The first-order chi connectivity index (χ1) is 16.2. The van der Waals surface area contributed by atoms with Gasteiger partial charge in [0.2, 0.25) is 11.8 Å². The van der Waals surface area contributed by atoms with Crippen molar-refractivity contribution in [1.29, 1.82) is 5.41 Å². The third kappa shape index (κ3) is 6.64. The van der Waals surface area contributed by atoms with Crippen LogP contribution in [0.15, 0.2) is 54.6 Å². The van der Waals surface area contributed by atoms with E-state index in [1.807, 2.05) is 30.3 Å². The van der Waals surface area contributed by atoms with Crippen LogP contribution in [0.3, 0.4) is 0 Å². The third-order valence-electron chi connectivity index (χ3n) is 6.11. The van der Waals surface area contributed by atoms with Crippen molar-refractivity contribution in [3.05, 3.63) is 71.3 Å².